The highest BCUT2D eigenvalue weighted by atomic mass is 32.2. The fourth-order valence-corrected chi connectivity index (χ4v) is 3.58. The van der Waals surface area contributed by atoms with Gasteiger partial charge in [-0.15, -0.1) is 0 Å². The van der Waals surface area contributed by atoms with Crippen molar-refractivity contribution in [2.24, 2.45) is 0 Å². The summed E-state index contributed by atoms with van der Waals surface area (Å²) in [4.78, 5) is 1.56. The van der Waals surface area contributed by atoms with E-state index in [1.807, 2.05) is 54.6 Å². The van der Waals surface area contributed by atoms with E-state index < -0.39 is 10.8 Å². The minimum absolute atomic E-state index is 0.0852. The summed E-state index contributed by atoms with van der Waals surface area (Å²) in [6.07, 6.45) is 3.15. The van der Waals surface area contributed by atoms with Crippen LogP contribution in [-0.2, 0) is 20.3 Å². The molecular weight excluding hydrogens is 324 g/mol. The first-order valence-corrected chi connectivity index (χ1v) is 9.41. The molecule has 2 aromatic rings. The second kappa shape index (κ2) is 8.97. The maximum Gasteiger partial charge on any atom is 0.157 e. The molecule has 1 aliphatic rings. The van der Waals surface area contributed by atoms with Gasteiger partial charge in [-0.3, -0.25) is 0 Å². The molecule has 1 saturated heterocycles. The van der Waals surface area contributed by atoms with Crippen LogP contribution in [-0.4, -0.2) is 30.3 Å². The monoisotopic (exact) mass is 346 g/mol. The Morgan fingerprint density at radius 2 is 1.71 bits per heavy atom. The fraction of sp³-hybridized carbons (Fsp3) is 0.368. The molecule has 0 aromatic heterocycles. The van der Waals surface area contributed by atoms with Gasteiger partial charge in [0.05, 0.1) is 17.4 Å². The highest BCUT2D eigenvalue weighted by molar-refractivity contribution is 7.85. The van der Waals surface area contributed by atoms with Gasteiger partial charge in [0.25, 0.3) is 0 Å². The van der Waals surface area contributed by atoms with Gasteiger partial charge in [0.2, 0.25) is 0 Å². The molecule has 0 aliphatic carbocycles. The summed E-state index contributed by atoms with van der Waals surface area (Å²) in [5, 5.41) is 0. The second-order valence-corrected chi connectivity index (χ2v) is 7.05. The molecule has 128 valence electrons. The molecule has 4 nitrogen and oxygen atoms in total. The van der Waals surface area contributed by atoms with E-state index in [2.05, 4.69) is 0 Å². The fourth-order valence-electron chi connectivity index (χ4n) is 2.52. The van der Waals surface area contributed by atoms with Gasteiger partial charge in [0.1, 0.15) is 12.4 Å². The molecule has 1 fully saturated rings. The molecule has 0 saturated carbocycles. The maximum atomic E-state index is 12.4. The Morgan fingerprint density at radius 1 is 0.958 bits per heavy atom. The molecule has 3 rings (SSSR count). The molecule has 5 heteroatoms. The van der Waals surface area contributed by atoms with Crippen LogP contribution >= 0.6 is 0 Å². The first kappa shape index (κ1) is 17.1. The Balaban J connectivity index is 1.45. The van der Waals surface area contributed by atoms with Crippen LogP contribution in [0.4, 0.5) is 0 Å². The van der Waals surface area contributed by atoms with Crippen LogP contribution in [0, 0.1) is 0 Å². The van der Waals surface area contributed by atoms with Gasteiger partial charge in [0, 0.05) is 16.4 Å². The molecule has 1 aliphatic heterocycles. The third-order valence-corrected chi connectivity index (χ3v) is 5.19. The van der Waals surface area contributed by atoms with E-state index >= 15 is 0 Å². The van der Waals surface area contributed by atoms with Gasteiger partial charge in [-0.2, -0.15) is 0 Å². The number of benzene rings is 2. The molecular formula is C19H22O4S. The lowest BCUT2D eigenvalue weighted by Crippen LogP contribution is -2.24. The molecule has 0 unspecified atom stereocenters. The van der Waals surface area contributed by atoms with E-state index in [0.717, 1.165) is 41.4 Å². The zero-order valence-electron chi connectivity index (χ0n) is 13.6. The van der Waals surface area contributed by atoms with E-state index in [0.29, 0.717) is 13.2 Å². The van der Waals surface area contributed by atoms with Crippen molar-refractivity contribution in [3.63, 3.8) is 0 Å². The smallest absolute Gasteiger partial charge is 0.157 e. The van der Waals surface area contributed by atoms with Crippen molar-refractivity contribution >= 4 is 10.8 Å². The van der Waals surface area contributed by atoms with Crippen LogP contribution in [0.15, 0.2) is 64.4 Å². The lowest BCUT2D eigenvalue weighted by Gasteiger charge is -2.22. The van der Waals surface area contributed by atoms with Gasteiger partial charge in [-0.05, 0) is 55.7 Å². The summed E-state index contributed by atoms with van der Waals surface area (Å²) >= 11 is 0. The molecule has 1 heterocycles. The van der Waals surface area contributed by atoms with E-state index in [1.54, 1.807) is 0 Å². The van der Waals surface area contributed by atoms with Gasteiger partial charge in [-0.25, -0.2) is 4.21 Å². The summed E-state index contributed by atoms with van der Waals surface area (Å²) in [6, 6.07) is 16.8. The van der Waals surface area contributed by atoms with Crippen LogP contribution < -0.4 is 4.74 Å². The van der Waals surface area contributed by atoms with Crippen molar-refractivity contribution in [3.8, 4) is 5.75 Å². The topological polar surface area (TPSA) is 44.8 Å². The largest absolute Gasteiger partial charge is 0.491 e. The van der Waals surface area contributed by atoms with Crippen molar-refractivity contribution < 1.29 is 18.4 Å². The number of hydrogen-bond donors (Lipinski definition) is 0. The molecule has 0 N–H and O–H groups in total. The maximum absolute atomic E-state index is 12.4. The minimum atomic E-state index is -1.16. The van der Waals surface area contributed by atoms with Crippen molar-refractivity contribution in [1.29, 1.82) is 0 Å². The highest BCUT2D eigenvalue weighted by Crippen LogP contribution is 2.19. The van der Waals surface area contributed by atoms with Gasteiger partial charge in [0.15, 0.2) is 6.29 Å². The average Bonchev–Trinajstić information content (AvgIpc) is 2.67. The quantitative estimate of drug-likeness (QED) is 0.716. The van der Waals surface area contributed by atoms with E-state index in [4.69, 9.17) is 14.2 Å². The van der Waals surface area contributed by atoms with Gasteiger partial charge < -0.3 is 14.2 Å². The van der Waals surface area contributed by atoms with Crippen molar-refractivity contribution in [3.05, 3.63) is 54.6 Å². The third kappa shape index (κ3) is 4.90. The van der Waals surface area contributed by atoms with E-state index in [-0.39, 0.29) is 6.29 Å². The molecule has 0 bridgehead atoms. The predicted molar refractivity (Wildman–Crippen MR) is 92.6 cm³/mol. The molecule has 24 heavy (non-hydrogen) atoms. The van der Waals surface area contributed by atoms with Gasteiger partial charge >= 0.3 is 0 Å². The Kier molecular flexibility index (Phi) is 6.41. The number of ether oxygens (including phenoxy) is 3. The van der Waals surface area contributed by atoms with E-state index in [1.165, 1.54) is 0 Å². The standard InChI is InChI=1S/C19H22O4S/c20-24(17-6-2-1-3-7-17)18-11-9-16(10-12-18)21-14-15-23-19-8-4-5-13-22-19/h1-3,6-7,9-12,19H,4-5,8,13-15H2/t19-,24-/m0/s1. The highest BCUT2D eigenvalue weighted by Gasteiger charge is 2.13. The summed E-state index contributed by atoms with van der Waals surface area (Å²) < 4.78 is 29.2. The summed E-state index contributed by atoms with van der Waals surface area (Å²) in [7, 11) is -1.16. The normalized spacial score (nSPS) is 18.9. The van der Waals surface area contributed by atoms with Crippen molar-refractivity contribution in [2.45, 2.75) is 35.3 Å². The van der Waals surface area contributed by atoms with Crippen LogP contribution in [0.5, 0.6) is 5.75 Å². The zero-order valence-corrected chi connectivity index (χ0v) is 14.4. The molecule has 0 radical (unpaired) electrons. The second-order valence-electron chi connectivity index (χ2n) is 5.57. The van der Waals surface area contributed by atoms with E-state index in [9.17, 15) is 4.21 Å². The lowest BCUT2D eigenvalue weighted by molar-refractivity contribution is -0.165. The van der Waals surface area contributed by atoms with Crippen molar-refractivity contribution in [1.82, 2.24) is 0 Å². The molecule has 0 amide bonds. The summed E-state index contributed by atoms with van der Waals surface area (Å²) in [5.41, 5.74) is 0. The number of rotatable bonds is 7. The molecule has 2 aromatic carbocycles. The van der Waals surface area contributed by atoms with Crippen LogP contribution in [0.25, 0.3) is 0 Å². The Hall–Kier alpha value is -1.69. The Morgan fingerprint density at radius 3 is 2.42 bits per heavy atom. The number of hydrogen-bond acceptors (Lipinski definition) is 4. The lowest BCUT2D eigenvalue weighted by atomic mass is 10.2. The predicted octanol–water partition coefficient (Wildman–Crippen LogP) is 3.78. The van der Waals surface area contributed by atoms with Crippen LogP contribution in [0.2, 0.25) is 0 Å². The zero-order chi connectivity index (χ0) is 16.6. The Bertz CT molecular complexity index is 636. The summed E-state index contributed by atoms with van der Waals surface area (Å²) in [5.74, 6) is 0.747. The average molecular weight is 346 g/mol. The van der Waals surface area contributed by atoms with Crippen molar-refractivity contribution in [2.75, 3.05) is 19.8 Å². The van der Waals surface area contributed by atoms with Crippen LogP contribution in [0.1, 0.15) is 19.3 Å². The minimum Gasteiger partial charge on any atom is -0.491 e. The first-order valence-electron chi connectivity index (χ1n) is 8.26. The van der Waals surface area contributed by atoms with Gasteiger partial charge in [-0.1, -0.05) is 18.2 Å². The molecule has 0 spiro atoms. The third-order valence-electron chi connectivity index (χ3n) is 3.79. The molecule has 2 atom stereocenters. The Labute approximate surface area is 145 Å². The summed E-state index contributed by atoms with van der Waals surface area (Å²) in [6.45, 7) is 1.76. The van der Waals surface area contributed by atoms with Crippen LogP contribution in [0.3, 0.4) is 0 Å². The SMILES string of the molecule is O=[S@@](c1ccccc1)c1ccc(OCCO[C@H]2CCCCO2)cc1. The first-order chi connectivity index (χ1) is 11.8.